The van der Waals surface area contributed by atoms with E-state index in [-0.39, 0.29) is 5.91 Å². The van der Waals surface area contributed by atoms with Crippen LogP contribution < -0.4 is 10.6 Å². The molecular weight excluding hydrogens is 228 g/mol. The molecule has 1 amide bonds. The van der Waals surface area contributed by atoms with Crippen LogP contribution in [0.5, 0.6) is 0 Å². The molecule has 0 aliphatic heterocycles. The highest BCUT2D eigenvalue weighted by Crippen LogP contribution is 2.14. The Labute approximate surface area is 106 Å². The summed E-state index contributed by atoms with van der Waals surface area (Å²) >= 11 is 0. The number of carbonyl (C=O) groups is 1. The second-order valence-corrected chi connectivity index (χ2v) is 3.87. The summed E-state index contributed by atoms with van der Waals surface area (Å²) in [6.45, 7) is 3.25. The molecule has 0 aliphatic carbocycles. The minimum atomic E-state index is -0.0900. The summed E-state index contributed by atoms with van der Waals surface area (Å²) in [6, 6.07) is 7.47. The number of anilines is 1. The average molecular weight is 244 g/mol. The number of H-pyrrole nitrogens is 1. The van der Waals surface area contributed by atoms with Crippen LogP contribution in [0.2, 0.25) is 0 Å². The normalized spacial score (nSPS) is 10.1. The first kappa shape index (κ1) is 12.2. The molecule has 1 aromatic heterocycles. The molecule has 0 atom stereocenters. The third-order valence-electron chi connectivity index (χ3n) is 2.55. The van der Waals surface area contributed by atoms with Crippen molar-refractivity contribution in [2.24, 2.45) is 0 Å². The van der Waals surface area contributed by atoms with Gasteiger partial charge in [-0.25, -0.2) is 0 Å². The van der Waals surface area contributed by atoms with Gasteiger partial charge in [0.05, 0.1) is 11.8 Å². The van der Waals surface area contributed by atoms with E-state index < -0.39 is 0 Å². The molecule has 1 heterocycles. The van der Waals surface area contributed by atoms with Crippen molar-refractivity contribution >= 4 is 11.6 Å². The highest BCUT2D eigenvalue weighted by Gasteiger charge is 2.09. The van der Waals surface area contributed by atoms with Crippen LogP contribution in [0.15, 0.2) is 36.7 Å². The number of amides is 1. The molecule has 18 heavy (non-hydrogen) atoms. The van der Waals surface area contributed by atoms with Crippen molar-refractivity contribution in [1.82, 2.24) is 15.5 Å². The summed E-state index contributed by atoms with van der Waals surface area (Å²) < 4.78 is 0. The number of rotatable bonds is 5. The van der Waals surface area contributed by atoms with E-state index in [2.05, 4.69) is 20.8 Å². The van der Waals surface area contributed by atoms with Crippen molar-refractivity contribution in [3.63, 3.8) is 0 Å². The SMILES string of the molecule is CCNc1ccccc1C(=O)NCc1cn[nH]c1. The first-order valence-corrected chi connectivity index (χ1v) is 5.90. The molecule has 0 saturated carbocycles. The van der Waals surface area contributed by atoms with Crippen LogP contribution in [0.4, 0.5) is 5.69 Å². The van der Waals surface area contributed by atoms with Gasteiger partial charge < -0.3 is 10.6 Å². The van der Waals surface area contributed by atoms with E-state index in [0.29, 0.717) is 12.1 Å². The first-order valence-electron chi connectivity index (χ1n) is 5.90. The van der Waals surface area contributed by atoms with Gasteiger partial charge >= 0.3 is 0 Å². The number of nitrogens with zero attached hydrogens (tertiary/aromatic N) is 1. The molecule has 94 valence electrons. The van der Waals surface area contributed by atoms with Gasteiger partial charge in [-0.15, -0.1) is 0 Å². The minimum Gasteiger partial charge on any atom is -0.385 e. The lowest BCUT2D eigenvalue weighted by Gasteiger charge is -2.10. The van der Waals surface area contributed by atoms with Crippen LogP contribution >= 0.6 is 0 Å². The summed E-state index contributed by atoms with van der Waals surface area (Å²) in [5.41, 5.74) is 2.46. The molecule has 1 aromatic carbocycles. The quantitative estimate of drug-likeness (QED) is 0.750. The van der Waals surface area contributed by atoms with Gasteiger partial charge in [0.2, 0.25) is 0 Å². The number of hydrogen-bond acceptors (Lipinski definition) is 3. The fourth-order valence-corrected chi connectivity index (χ4v) is 1.68. The van der Waals surface area contributed by atoms with Crippen LogP contribution in [0.3, 0.4) is 0 Å². The standard InChI is InChI=1S/C13H16N4O/c1-2-14-12-6-4-3-5-11(12)13(18)15-7-10-8-16-17-9-10/h3-6,8-9,14H,2,7H2,1H3,(H,15,18)(H,16,17). The largest absolute Gasteiger partial charge is 0.385 e. The number of nitrogens with one attached hydrogen (secondary N) is 3. The van der Waals surface area contributed by atoms with Gasteiger partial charge in [0, 0.05) is 30.5 Å². The Morgan fingerprint density at radius 1 is 1.39 bits per heavy atom. The van der Waals surface area contributed by atoms with Gasteiger partial charge in [0.25, 0.3) is 5.91 Å². The van der Waals surface area contributed by atoms with E-state index in [4.69, 9.17) is 0 Å². The number of para-hydroxylation sites is 1. The number of hydrogen-bond donors (Lipinski definition) is 3. The second-order valence-electron chi connectivity index (χ2n) is 3.87. The maximum absolute atomic E-state index is 12.1. The minimum absolute atomic E-state index is 0.0900. The smallest absolute Gasteiger partial charge is 0.253 e. The molecule has 0 radical (unpaired) electrons. The Morgan fingerprint density at radius 3 is 2.94 bits per heavy atom. The van der Waals surface area contributed by atoms with E-state index in [1.807, 2.05) is 31.2 Å². The molecule has 0 bridgehead atoms. The van der Waals surface area contributed by atoms with E-state index in [1.165, 1.54) is 0 Å². The summed E-state index contributed by atoms with van der Waals surface area (Å²) in [7, 11) is 0. The second kappa shape index (κ2) is 5.86. The Balaban J connectivity index is 2.04. The van der Waals surface area contributed by atoms with Crippen molar-refractivity contribution in [1.29, 1.82) is 0 Å². The molecule has 0 aliphatic rings. The number of benzene rings is 1. The van der Waals surface area contributed by atoms with E-state index in [1.54, 1.807) is 12.4 Å². The predicted molar refractivity (Wildman–Crippen MR) is 70.4 cm³/mol. The highest BCUT2D eigenvalue weighted by atomic mass is 16.1. The molecule has 5 heteroatoms. The summed E-state index contributed by atoms with van der Waals surface area (Å²) in [5, 5.41) is 12.6. The molecule has 0 spiro atoms. The maximum atomic E-state index is 12.1. The van der Waals surface area contributed by atoms with Crippen molar-refractivity contribution < 1.29 is 4.79 Å². The van der Waals surface area contributed by atoms with Crippen molar-refractivity contribution in [3.05, 3.63) is 47.8 Å². The number of carbonyl (C=O) groups excluding carboxylic acids is 1. The molecule has 2 rings (SSSR count). The molecular formula is C13H16N4O. The Bertz CT molecular complexity index is 507. The van der Waals surface area contributed by atoms with Crippen LogP contribution in [-0.2, 0) is 6.54 Å². The van der Waals surface area contributed by atoms with Crippen LogP contribution in [0, 0.1) is 0 Å². The van der Waals surface area contributed by atoms with Gasteiger partial charge in [0.1, 0.15) is 0 Å². The fourth-order valence-electron chi connectivity index (χ4n) is 1.68. The van der Waals surface area contributed by atoms with Gasteiger partial charge in [-0.2, -0.15) is 5.10 Å². The third-order valence-corrected chi connectivity index (χ3v) is 2.55. The molecule has 5 nitrogen and oxygen atoms in total. The molecule has 3 N–H and O–H groups in total. The fraction of sp³-hybridized carbons (Fsp3) is 0.231. The zero-order chi connectivity index (χ0) is 12.8. The third kappa shape index (κ3) is 2.88. The predicted octanol–water partition coefficient (Wildman–Crippen LogP) is 1.77. The summed E-state index contributed by atoms with van der Waals surface area (Å²) in [4.78, 5) is 12.1. The Kier molecular flexibility index (Phi) is 3.96. The highest BCUT2D eigenvalue weighted by molar-refractivity contribution is 5.99. The van der Waals surface area contributed by atoms with Crippen LogP contribution in [0.25, 0.3) is 0 Å². The lowest BCUT2D eigenvalue weighted by molar-refractivity contribution is 0.0951. The van der Waals surface area contributed by atoms with Crippen molar-refractivity contribution in [2.45, 2.75) is 13.5 Å². The van der Waals surface area contributed by atoms with Crippen molar-refractivity contribution in [3.8, 4) is 0 Å². The van der Waals surface area contributed by atoms with Crippen LogP contribution in [-0.4, -0.2) is 22.6 Å². The zero-order valence-corrected chi connectivity index (χ0v) is 10.2. The van der Waals surface area contributed by atoms with E-state index >= 15 is 0 Å². The maximum Gasteiger partial charge on any atom is 0.253 e. The van der Waals surface area contributed by atoms with Gasteiger partial charge in [-0.1, -0.05) is 12.1 Å². The lowest BCUT2D eigenvalue weighted by atomic mass is 10.1. The topological polar surface area (TPSA) is 69.8 Å². The Morgan fingerprint density at radius 2 is 2.22 bits per heavy atom. The molecule has 0 unspecified atom stereocenters. The summed E-state index contributed by atoms with van der Waals surface area (Å²) in [5.74, 6) is -0.0900. The average Bonchev–Trinajstić information content (AvgIpc) is 2.90. The molecule has 0 fully saturated rings. The molecule has 2 aromatic rings. The van der Waals surface area contributed by atoms with E-state index in [0.717, 1.165) is 17.8 Å². The van der Waals surface area contributed by atoms with Crippen LogP contribution in [0.1, 0.15) is 22.8 Å². The first-order chi connectivity index (χ1) is 8.81. The summed E-state index contributed by atoms with van der Waals surface area (Å²) in [6.07, 6.45) is 3.45. The zero-order valence-electron chi connectivity index (χ0n) is 10.2. The lowest BCUT2D eigenvalue weighted by Crippen LogP contribution is -2.23. The number of aromatic nitrogens is 2. The molecule has 0 saturated heterocycles. The van der Waals surface area contributed by atoms with Gasteiger partial charge in [-0.3, -0.25) is 9.89 Å². The monoisotopic (exact) mass is 244 g/mol. The van der Waals surface area contributed by atoms with Crippen molar-refractivity contribution in [2.75, 3.05) is 11.9 Å². The van der Waals surface area contributed by atoms with Gasteiger partial charge in [0.15, 0.2) is 0 Å². The van der Waals surface area contributed by atoms with Gasteiger partial charge in [-0.05, 0) is 19.1 Å². The Hall–Kier alpha value is -2.30. The number of aromatic amines is 1. The van der Waals surface area contributed by atoms with E-state index in [9.17, 15) is 4.79 Å².